The summed E-state index contributed by atoms with van der Waals surface area (Å²) in [6.45, 7) is 2.22. The van der Waals surface area contributed by atoms with Gasteiger partial charge in [-0.1, -0.05) is 23.7 Å². The number of fused-ring (bicyclic) bond motifs is 1. The topological polar surface area (TPSA) is 81.4 Å². The molecule has 0 radical (unpaired) electrons. The van der Waals surface area contributed by atoms with Crippen molar-refractivity contribution in [2.75, 3.05) is 25.6 Å². The summed E-state index contributed by atoms with van der Waals surface area (Å²) in [6.07, 6.45) is 1.51. The van der Waals surface area contributed by atoms with Crippen LogP contribution in [0.1, 0.15) is 11.3 Å². The fraction of sp³-hybridized carbons (Fsp3) is 0.172. The largest absolute Gasteiger partial charge is 0.487 e. The van der Waals surface area contributed by atoms with Crippen LogP contribution in [-0.4, -0.2) is 30.2 Å². The van der Waals surface area contributed by atoms with Crippen LogP contribution < -0.4 is 15.4 Å². The molecule has 38 heavy (non-hydrogen) atoms. The SMILES string of the molecule is COCCNCc1ccc(-c2ccc3ncnc(Nc4ccc(OCc5cccc(F)c5)c(Cl)c4)c3c2)o1. The molecule has 5 aromatic rings. The van der Waals surface area contributed by atoms with Crippen LogP contribution in [0.2, 0.25) is 5.02 Å². The molecule has 0 fully saturated rings. The average Bonchev–Trinajstić information content (AvgIpc) is 3.40. The standard InChI is InChI=1S/C29H26ClFN4O3/c1-36-12-11-32-16-23-7-10-27(38-23)20-5-8-26-24(14-20)29(34-18-33-26)35-22-6-9-28(25(30)15-22)37-17-19-3-2-4-21(31)13-19/h2-10,13-15,18,32H,11-12,16-17H2,1H3,(H,33,34,35). The second kappa shape index (κ2) is 12.0. The molecule has 2 heterocycles. The number of nitrogens with one attached hydrogen (secondary N) is 2. The molecule has 194 valence electrons. The van der Waals surface area contributed by atoms with Gasteiger partial charge in [0.05, 0.1) is 23.7 Å². The molecule has 0 amide bonds. The van der Waals surface area contributed by atoms with E-state index in [1.165, 1.54) is 18.5 Å². The van der Waals surface area contributed by atoms with E-state index in [2.05, 4.69) is 20.6 Å². The number of rotatable bonds is 11. The molecule has 0 aliphatic carbocycles. The predicted molar refractivity (Wildman–Crippen MR) is 146 cm³/mol. The molecule has 0 spiro atoms. The Morgan fingerprint density at radius 3 is 2.76 bits per heavy atom. The number of hydrogen-bond acceptors (Lipinski definition) is 7. The highest BCUT2D eigenvalue weighted by Crippen LogP contribution is 2.32. The van der Waals surface area contributed by atoms with Crippen LogP contribution in [0.4, 0.5) is 15.9 Å². The van der Waals surface area contributed by atoms with Gasteiger partial charge in [0.25, 0.3) is 0 Å². The molecular weight excluding hydrogens is 507 g/mol. The number of methoxy groups -OCH3 is 1. The summed E-state index contributed by atoms with van der Waals surface area (Å²) in [5.41, 5.74) is 3.16. The normalized spacial score (nSPS) is 11.1. The molecule has 0 unspecified atom stereocenters. The predicted octanol–water partition coefficient (Wildman–Crippen LogP) is 6.74. The van der Waals surface area contributed by atoms with Crippen LogP contribution in [0, 0.1) is 5.82 Å². The van der Waals surface area contributed by atoms with E-state index >= 15 is 0 Å². The lowest BCUT2D eigenvalue weighted by atomic mass is 10.1. The first kappa shape index (κ1) is 25.7. The number of aromatic nitrogens is 2. The van der Waals surface area contributed by atoms with Crippen molar-refractivity contribution in [3.63, 3.8) is 0 Å². The maximum atomic E-state index is 13.4. The molecule has 5 rings (SSSR count). The second-order valence-electron chi connectivity index (χ2n) is 8.58. The molecule has 9 heteroatoms. The van der Waals surface area contributed by atoms with E-state index in [1.807, 2.05) is 36.4 Å². The fourth-order valence-electron chi connectivity index (χ4n) is 3.94. The van der Waals surface area contributed by atoms with Gasteiger partial charge in [-0.2, -0.15) is 0 Å². The molecule has 0 aliphatic heterocycles. The molecule has 0 bridgehead atoms. The maximum absolute atomic E-state index is 13.4. The van der Waals surface area contributed by atoms with E-state index in [-0.39, 0.29) is 12.4 Å². The van der Waals surface area contributed by atoms with Gasteiger partial charge in [0.2, 0.25) is 0 Å². The lowest BCUT2D eigenvalue weighted by molar-refractivity contribution is 0.198. The number of anilines is 2. The minimum absolute atomic E-state index is 0.210. The van der Waals surface area contributed by atoms with Crippen LogP contribution in [0.5, 0.6) is 5.75 Å². The van der Waals surface area contributed by atoms with Crippen molar-refractivity contribution in [3.8, 4) is 17.1 Å². The van der Waals surface area contributed by atoms with Crippen molar-refractivity contribution >= 4 is 34.0 Å². The van der Waals surface area contributed by atoms with Gasteiger partial charge in [-0.05, 0) is 66.2 Å². The summed E-state index contributed by atoms with van der Waals surface area (Å²) in [6, 6.07) is 21.5. The summed E-state index contributed by atoms with van der Waals surface area (Å²) in [5, 5.41) is 7.86. The second-order valence-corrected chi connectivity index (χ2v) is 8.99. The summed E-state index contributed by atoms with van der Waals surface area (Å²) < 4.78 is 30.3. The number of hydrogen-bond donors (Lipinski definition) is 2. The zero-order chi connectivity index (χ0) is 26.3. The molecule has 0 aliphatic rings. The Kier molecular flexibility index (Phi) is 8.13. The first-order valence-corrected chi connectivity index (χ1v) is 12.4. The molecule has 2 N–H and O–H groups in total. The third-order valence-corrected chi connectivity index (χ3v) is 6.14. The number of furan rings is 1. The van der Waals surface area contributed by atoms with Crippen LogP contribution in [0.15, 0.2) is 83.5 Å². The van der Waals surface area contributed by atoms with Gasteiger partial charge in [-0.25, -0.2) is 14.4 Å². The summed E-state index contributed by atoms with van der Waals surface area (Å²) in [5.74, 6) is 2.43. The molecule has 0 saturated heterocycles. The Morgan fingerprint density at radius 1 is 1.00 bits per heavy atom. The molecule has 3 aromatic carbocycles. The van der Waals surface area contributed by atoms with Crippen LogP contribution in [0.3, 0.4) is 0 Å². The fourth-order valence-corrected chi connectivity index (χ4v) is 4.18. The van der Waals surface area contributed by atoms with Crippen molar-refractivity contribution in [1.82, 2.24) is 15.3 Å². The zero-order valence-corrected chi connectivity index (χ0v) is 21.5. The molecular formula is C29H26ClFN4O3. The van der Waals surface area contributed by atoms with Gasteiger partial charge in [-0.3, -0.25) is 0 Å². The van der Waals surface area contributed by atoms with Crippen LogP contribution in [0.25, 0.3) is 22.2 Å². The highest BCUT2D eigenvalue weighted by molar-refractivity contribution is 6.32. The lowest BCUT2D eigenvalue weighted by Gasteiger charge is -2.12. The Bertz CT molecular complexity index is 1540. The van der Waals surface area contributed by atoms with Crippen LogP contribution in [-0.2, 0) is 17.9 Å². The van der Waals surface area contributed by atoms with Gasteiger partial charge in [-0.15, -0.1) is 0 Å². The first-order valence-electron chi connectivity index (χ1n) is 12.1. The Hall–Kier alpha value is -3.98. The minimum atomic E-state index is -0.306. The molecule has 0 atom stereocenters. The van der Waals surface area contributed by atoms with E-state index < -0.39 is 0 Å². The van der Waals surface area contributed by atoms with Crippen molar-refractivity contribution < 1.29 is 18.3 Å². The number of benzene rings is 3. The smallest absolute Gasteiger partial charge is 0.141 e. The van der Waals surface area contributed by atoms with E-state index in [1.54, 1.807) is 31.4 Å². The Balaban J connectivity index is 1.31. The first-order chi connectivity index (χ1) is 18.6. The Morgan fingerprint density at radius 2 is 1.92 bits per heavy atom. The van der Waals surface area contributed by atoms with Crippen LogP contribution >= 0.6 is 11.6 Å². The highest BCUT2D eigenvalue weighted by atomic mass is 35.5. The third-order valence-electron chi connectivity index (χ3n) is 5.84. The number of ether oxygens (including phenoxy) is 2. The van der Waals surface area contributed by atoms with Gasteiger partial charge >= 0.3 is 0 Å². The summed E-state index contributed by atoms with van der Waals surface area (Å²) in [7, 11) is 1.68. The van der Waals surface area contributed by atoms with Gasteiger partial charge in [0, 0.05) is 30.3 Å². The minimum Gasteiger partial charge on any atom is -0.487 e. The van der Waals surface area contributed by atoms with Gasteiger partial charge in [0.1, 0.15) is 41.8 Å². The maximum Gasteiger partial charge on any atom is 0.141 e. The van der Waals surface area contributed by atoms with Crippen molar-refractivity contribution in [2.24, 2.45) is 0 Å². The quantitative estimate of drug-likeness (QED) is 0.182. The molecule has 2 aromatic heterocycles. The average molecular weight is 533 g/mol. The molecule has 7 nitrogen and oxygen atoms in total. The zero-order valence-electron chi connectivity index (χ0n) is 20.7. The monoisotopic (exact) mass is 532 g/mol. The van der Waals surface area contributed by atoms with Crippen molar-refractivity contribution in [3.05, 3.63) is 101 Å². The van der Waals surface area contributed by atoms with Gasteiger partial charge in [0.15, 0.2) is 0 Å². The summed E-state index contributed by atoms with van der Waals surface area (Å²) >= 11 is 6.48. The molecule has 0 saturated carbocycles. The van der Waals surface area contributed by atoms with E-state index in [0.717, 1.165) is 45.8 Å². The van der Waals surface area contributed by atoms with E-state index in [0.29, 0.717) is 29.7 Å². The van der Waals surface area contributed by atoms with E-state index in [9.17, 15) is 4.39 Å². The number of nitrogens with zero attached hydrogens (tertiary/aromatic N) is 2. The lowest BCUT2D eigenvalue weighted by Crippen LogP contribution is -2.18. The summed E-state index contributed by atoms with van der Waals surface area (Å²) in [4.78, 5) is 8.85. The van der Waals surface area contributed by atoms with Gasteiger partial charge < -0.3 is 24.5 Å². The van der Waals surface area contributed by atoms with E-state index in [4.69, 9.17) is 25.5 Å². The third kappa shape index (κ3) is 6.28. The highest BCUT2D eigenvalue weighted by Gasteiger charge is 2.11. The Labute approximate surface area is 224 Å². The van der Waals surface area contributed by atoms with Crippen molar-refractivity contribution in [2.45, 2.75) is 13.2 Å². The number of halogens is 2. The van der Waals surface area contributed by atoms with Crippen molar-refractivity contribution in [1.29, 1.82) is 0 Å².